The number of carbonyl (C=O) groups excluding carboxylic acids is 2. The zero-order valence-corrected chi connectivity index (χ0v) is 14.3. The number of carbonyl (C=O) groups is 2. The second-order valence-electron chi connectivity index (χ2n) is 5.80. The van der Waals surface area contributed by atoms with Crippen molar-refractivity contribution >= 4 is 23.4 Å². The van der Waals surface area contributed by atoms with Crippen molar-refractivity contribution in [1.29, 1.82) is 0 Å². The standard InChI is InChI=1S/C16H18N6O3/c1-9(23)12-13(15(24)25-4)17-16-18-19-20-22(16)14(12)10-5-7-11(8-6-10)21(2)3/h5-8,14H,1-4H3,(H,17,18,20)/t14-/m0/s1. The van der Waals surface area contributed by atoms with E-state index >= 15 is 0 Å². The maximum Gasteiger partial charge on any atom is 0.355 e. The topological polar surface area (TPSA) is 102 Å². The van der Waals surface area contributed by atoms with Gasteiger partial charge in [-0.2, -0.15) is 4.68 Å². The van der Waals surface area contributed by atoms with Gasteiger partial charge < -0.3 is 15.0 Å². The van der Waals surface area contributed by atoms with Gasteiger partial charge in [-0.25, -0.2) is 4.79 Å². The summed E-state index contributed by atoms with van der Waals surface area (Å²) in [6.45, 7) is 1.40. The predicted octanol–water partition coefficient (Wildman–Crippen LogP) is 0.770. The molecule has 1 aliphatic rings. The molecule has 1 N–H and O–H groups in total. The number of hydrogen-bond acceptors (Lipinski definition) is 8. The average molecular weight is 342 g/mol. The van der Waals surface area contributed by atoms with Gasteiger partial charge in [-0.05, 0) is 35.0 Å². The summed E-state index contributed by atoms with van der Waals surface area (Å²) in [5.74, 6) is -0.641. The number of benzene rings is 1. The average Bonchev–Trinajstić information content (AvgIpc) is 3.07. The minimum Gasteiger partial charge on any atom is -0.464 e. The molecule has 2 aromatic rings. The molecule has 1 aromatic carbocycles. The van der Waals surface area contributed by atoms with Gasteiger partial charge >= 0.3 is 5.97 Å². The Morgan fingerprint density at radius 2 is 1.92 bits per heavy atom. The third kappa shape index (κ3) is 2.84. The number of tetrazole rings is 1. The molecule has 9 nitrogen and oxygen atoms in total. The fraction of sp³-hybridized carbons (Fsp3) is 0.312. The normalized spacial score (nSPS) is 16.1. The SMILES string of the molecule is COC(=O)C1=C(C(C)=O)[C@H](c2ccc(N(C)C)cc2)n2nnnc2N1. The van der Waals surface area contributed by atoms with Crippen LogP contribution >= 0.6 is 0 Å². The summed E-state index contributed by atoms with van der Waals surface area (Å²) in [6.07, 6.45) is 0. The van der Waals surface area contributed by atoms with Crippen molar-refractivity contribution in [2.45, 2.75) is 13.0 Å². The van der Waals surface area contributed by atoms with Gasteiger partial charge in [0.25, 0.3) is 0 Å². The van der Waals surface area contributed by atoms with Crippen LogP contribution in [-0.2, 0) is 14.3 Å². The van der Waals surface area contributed by atoms with E-state index in [9.17, 15) is 9.59 Å². The van der Waals surface area contributed by atoms with Gasteiger partial charge in [0.1, 0.15) is 11.7 Å². The Morgan fingerprint density at radius 1 is 1.24 bits per heavy atom. The van der Waals surface area contributed by atoms with Crippen LogP contribution in [0, 0.1) is 0 Å². The molecule has 1 atom stereocenters. The number of fused-ring (bicyclic) bond motifs is 1. The zero-order valence-electron chi connectivity index (χ0n) is 14.3. The van der Waals surface area contributed by atoms with Crippen LogP contribution in [0.5, 0.6) is 0 Å². The van der Waals surface area contributed by atoms with E-state index in [1.54, 1.807) is 0 Å². The van der Waals surface area contributed by atoms with Crippen LogP contribution in [0.2, 0.25) is 0 Å². The zero-order chi connectivity index (χ0) is 18.1. The van der Waals surface area contributed by atoms with Crippen LogP contribution < -0.4 is 10.2 Å². The maximum atomic E-state index is 12.3. The van der Waals surface area contributed by atoms with Crippen molar-refractivity contribution in [3.05, 3.63) is 41.1 Å². The monoisotopic (exact) mass is 342 g/mol. The molecule has 25 heavy (non-hydrogen) atoms. The summed E-state index contributed by atoms with van der Waals surface area (Å²) >= 11 is 0. The smallest absolute Gasteiger partial charge is 0.355 e. The molecule has 9 heteroatoms. The minimum absolute atomic E-state index is 0.0546. The molecule has 0 amide bonds. The second kappa shape index (κ2) is 6.34. The Bertz CT molecular complexity index is 853. The Hall–Kier alpha value is -3.23. The molecule has 130 valence electrons. The van der Waals surface area contributed by atoms with E-state index in [0.29, 0.717) is 0 Å². The number of rotatable bonds is 4. The van der Waals surface area contributed by atoms with Gasteiger partial charge in [-0.1, -0.05) is 17.2 Å². The number of anilines is 2. The highest BCUT2D eigenvalue weighted by Gasteiger charge is 2.36. The number of ether oxygens (including phenoxy) is 1. The van der Waals surface area contributed by atoms with Crippen LogP contribution in [0.15, 0.2) is 35.5 Å². The lowest BCUT2D eigenvalue weighted by molar-refractivity contribution is -0.136. The fourth-order valence-corrected chi connectivity index (χ4v) is 2.78. The first kappa shape index (κ1) is 16.6. The lowest BCUT2D eigenvalue weighted by atomic mass is 9.92. The van der Waals surface area contributed by atoms with Crippen molar-refractivity contribution < 1.29 is 14.3 Å². The van der Waals surface area contributed by atoms with Crippen molar-refractivity contribution in [1.82, 2.24) is 20.2 Å². The van der Waals surface area contributed by atoms with Gasteiger partial charge in [0, 0.05) is 19.8 Å². The van der Waals surface area contributed by atoms with E-state index in [2.05, 4.69) is 20.8 Å². The predicted molar refractivity (Wildman–Crippen MR) is 90.1 cm³/mol. The van der Waals surface area contributed by atoms with Crippen LogP contribution in [0.3, 0.4) is 0 Å². The molecule has 0 saturated heterocycles. The fourth-order valence-electron chi connectivity index (χ4n) is 2.78. The molecule has 0 unspecified atom stereocenters. The molecule has 0 radical (unpaired) electrons. The first-order chi connectivity index (χ1) is 11.9. The van der Waals surface area contributed by atoms with Crippen LogP contribution in [0.4, 0.5) is 11.6 Å². The van der Waals surface area contributed by atoms with Crippen molar-refractivity contribution in [2.24, 2.45) is 0 Å². The number of esters is 1. The van der Waals surface area contributed by atoms with E-state index < -0.39 is 12.0 Å². The lowest BCUT2D eigenvalue weighted by Crippen LogP contribution is -2.32. The van der Waals surface area contributed by atoms with E-state index in [4.69, 9.17) is 4.74 Å². The van der Waals surface area contributed by atoms with Gasteiger partial charge in [0.05, 0.1) is 12.7 Å². The molecule has 3 rings (SSSR count). The molecule has 0 saturated carbocycles. The molecule has 0 fully saturated rings. The summed E-state index contributed by atoms with van der Waals surface area (Å²) in [7, 11) is 5.14. The van der Waals surface area contributed by atoms with Crippen molar-refractivity contribution in [3.63, 3.8) is 0 Å². The lowest BCUT2D eigenvalue weighted by Gasteiger charge is -2.27. The summed E-state index contributed by atoms with van der Waals surface area (Å²) < 4.78 is 6.28. The van der Waals surface area contributed by atoms with Crippen molar-refractivity contribution in [3.8, 4) is 0 Å². The third-order valence-corrected chi connectivity index (χ3v) is 4.01. The van der Waals surface area contributed by atoms with Gasteiger partial charge in [0.15, 0.2) is 5.78 Å². The Morgan fingerprint density at radius 3 is 2.48 bits per heavy atom. The molecule has 2 heterocycles. The Balaban J connectivity index is 2.18. The molecule has 0 bridgehead atoms. The van der Waals surface area contributed by atoms with Crippen LogP contribution in [-0.4, -0.2) is 53.2 Å². The van der Waals surface area contributed by atoms with E-state index in [0.717, 1.165) is 11.3 Å². The molecule has 1 aliphatic heterocycles. The highest BCUT2D eigenvalue weighted by molar-refractivity contribution is 6.06. The highest BCUT2D eigenvalue weighted by Crippen LogP contribution is 2.35. The van der Waals surface area contributed by atoms with Gasteiger partial charge in [-0.15, -0.1) is 0 Å². The summed E-state index contributed by atoms with van der Waals surface area (Å²) in [6, 6.07) is 7.01. The number of methoxy groups -OCH3 is 1. The third-order valence-electron chi connectivity index (χ3n) is 4.01. The second-order valence-corrected chi connectivity index (χ2v) is 5.80. The van der Waals surface area contributed by atoms with Crippen LogP contribution in [0.1, 0.15) is 18.5 Å². The summed E-state index contributed by atoms with van der Waals surface area (Å²) in [5.41, 5.74) is 2.10. The first-order valence-corrected chi connectivity index (χ1v) is 7.59. The Labute approximate surface area is 144 Å². The maximum absolute atomic E-state index is 12.3. The van der Waals surface area contributed by atoms with Gasteiger partial charge in [0.2, 0.25) is 5.95 Å². The number of nitrogens with zero attached hydrogens (tertiary/aromatic N) is 5. The Kier molecular flexibility index (Phi) is 4.22. The first-order valence-electron chi connectivity index (χ1n) is 7.59. The van der Waals surface area contributed by atoms with Crippen LogP contribution in [0.25, 0.3) is 0 Å². The number of nitrogens with one attached hydrogen (secondary N) is 1. The molecular weight excluding hydrogens is 324 g/mol. The minimum atomic E-state index is -0.644. The number of hydrogen-bond donors (Lipinski definition) is 1. The number of Topliss-reactive ketones (excluding diaryl/α,β-unsaturated/α-hetero) is 1. The number of allylic oxidation sites excluding steroid dienone is 1. The van der Waals surface area contributed by atoms with Crippen molar-refractivity contribution in [2.75, 3.05) is 31.4 Å². The molecule has 0 aliphatic carbocycles. The van der Waals surface area contributed by atoms with E-state index in [1.165, 1.54) is 18.7 Å². The molecular formula is C16H18N6O3. The largest absolute Gasteiger partial charge is 0.464 e. The van der Waals surface area contributed by atoms with E-state index in [-0.39, 0.29) is 23.0 Å². The molecule has 0 spiro atoms. The highest BCUT2D eigenvalue weighted by atomic mass is 16.5. The number of ketones is 1. The number of aromatic nitrogens is 4. The quantitative estimate of drug-likeness (QED) is 0.813. The summed E-state index contributed by atoms with van der Waals surface area (Å²) in [5, 5.41) is 14.3. The summed E-state index contributed by atoms with van der Waals surface area (Å²) in [4.78, 5) is 26.4. The van der Waals surface area contributed by atoms with Gasteiger partial charge in [-0.3, -0.25) is 4.79 Å². The van der Waals surface area contributed by atoms with E-state index in [1.807, 2.05) is 43.3 Å². The molecule has 1 aromatic heterocycles.